The third-order valence-electron chi connectivity index (χ3n) is 5.62. The lowest BCUT2D eigenvalue weighted by molar-refractivity contribution is -0.126. The van der Waals surface area contributed by atoms with Crippen molar-refractivity contribution < 1.29 is 9.59 Å². The molecule has 1 aliphatic rings. The van der Waals surface area contributed by atoms with Gasteiger partial charge in [-0.05, 0) is 63.8 Å². The largest absolute Gasteiger partial charge is 0.356 e. The van der Waals surface area contributed by atoms with Gasteiger partial charge in [0.15, 0.2) is 0 Å². The van der Waals surface area contributed by atoms with E-state index in [4.69, 9.17) is 0 Å². The Bertz CT molecular complexity index is 861. The summed E-state index contributed by atoms with van der Waals surface area (Å²) in [6.07, 6.45) is 2.41. The molecule has 5 nitrogen and oxygen atoms in total. The van der Waals surface area contributed by atoms with Gasteiger partial charge in [-0.1, -0.05) is 19.1 Å². The van der Waals surface area contributed by atoms with Crippen LogP contribution in [-0.2, 0) is 4.79 Å². The minimum atomic E-state index is 0.0234. The Morgan fingerprint density at radius 2 is 1.82 bits per heavy atom. The number of carbonyl (C=O) groups excluding carboxylic acids is 2. The summed E-state index contributed by atoms with van der Waals surface area (Å²) in [5.74, 6) is 0.223. The molecular weight excluding hydrogens is 350 g/mol. The number of likely N-dealkylation sites (tertiary alicyclic amines) is 1. The molecular formula is C23H31N3O2. The Kier molecular flexibility index (Phi) is 6.22. The molecule has 0 aliphatic carbocycles. The van der Waals surface area contributed by atoms with E-state index in [1.54, 1.807) is 0 Å². The Hall–Kier alpha value is -2.56. The summed E-state index contributed by atoms with van der Waals surface area (Å²) in [6, 6.07) is 10.3. The number of rotatable bonds is 5. The van der Waals surface area contributed by atoms with Crippen molar-refractivity contribution in [3.8, 4) is 5.69 Å². The van der Waals surface area contributed by atoms with Gasteiger partial charge in [-0.3, -0.25) is 9.59 Å². The van der Waals surface area contributed by atoms with Gasteiger partial charge in [0.05, 0.1) is 5.56 Å². The van der Waals surface area contributed by atoms with Gasteiger partial charge < -0.3 is 14.8 Å². The number of benzene rings is 1. The molecule has 28 heavy (non-hydrogen) atoms. The predicted octanol–water partition coefficient (Wildman–Crippen LogP) is 3.78. The predicted molar refractivity (Wildman–Crippen MR) is 112 cm³/mol. The summed E-state index contributed by atoms with van der Waals surface area (Å²) in [6.45, 7) is 10.2. The molecule has 1 aromatic heterocycles. The number of hydrogen-bond donors (Lipinski definition) is 1. The van der Waals surface area contributed by atoms with Crippen molar-refractivity contribution in [2.24, 2.45) is 5.92 Å². The van der Waals surface area contributed by atoms with Gasteiger partial charge in [0.25, 0.3) is 5.91 Å². The number of nitrogens with one attached hydrogen (secondary N) is 1. The highest BCUT2D eigenvalue weighted by Gasteiger charge is 2.29. The highest BCUT2D eigenvalue weighted by molar-refractivity contribution is 5.96. The summed E-state index contributed by atoms with van der Waals surface area (Å²) >= 11 is 0. The molecule has 0 atom stereocenters. The van der Waals surface area contributed by atoms with Crippen molar-refractivity contribution in [1.29, 1.82) is 0 Å². The highest BCUT2D eigenvalue weighted by Crippen LogP contribution is 2.25. The smallest absolute Gasteiger partial charge is 0.255 e. The van der Waals surface area contributed by atoms with E-state index in [-0.39, 0.29) is 17.7 Å². The van der Waals surface area contributed by atoms with E-state index in [1.165, 1.54) is 5.56 Å². The molecule has 150 valence electrons. The normalized spacial score (nSPS) is 14.9. The molecule has 0 spiro atoms. The Balaban J connectivity index is 1.72. The van der Waals surface area contributed by atoms with Crippen LogP contribution in [0.2, 0.25) is 0 Å². The summed E-state index contributed by atoms with van der Waals surface area (Å²) in [5, 5.41) is 2.97. The first-order valence-corrected chi connectivity index (χ1v) is 10.2. The van der Waals surface area contributed by atoms with Crippen molar-refractivity contribution >= 4 is 11.8 Å². The molecule has 1 fully saturated rings. The SMILES string of the molecule is CCCNC(=O)C1CCN(C(=O)c2cc(C)n(-c3cccc(C)c3)c2C)CC1. The van der Waals surface area contributed by atoms with Crippen LogP contribution in [0.15, 0.2) is 30.3 Å². The lowest BCUT2D eigenvalue weighted by Crippen LogP contribution is -2.43. The highest BCUT2D eigenvalue weighted by atomic mass is 16.2. The van der Waals surface area contributed by atoms with E-state index < -0.39 is 0 Å². The molecule has 3 rings (SSSR count). The van der Waals surface area contributed by atoms with Gasteiger partial charge in [0, 0.05) is 42.6 Å². The average molecular weight is 382 g/mol. The van der Waals surface area contributed by atoms with Crippen LogP contribution in [0.1, 0.15) is 53.5 Å². The first-order chi connectivity index (χ1) is 13.4. The molecule has 1 aliphatic heterocycles. The van der Waals surface area contributed by atoms with Crippen LogP contribution < -0.4 is 5.32 Å². The van der Waals surface area contributed by atoms with E-state index in [1.807, 2.05) is 30.9 Å². The molecule has 2 heterocycles. The lowest BCUT2D eigenvalue weighted by Gasteiger charge is -2.31. The third-order valence-corrected chi connectivity index (χ3v) is 5.62. The summed E-state index contributed by atoms with van der Waals surface area (Å²) in [4.78, 5) is 27.2. The minimum Gasteiger partial charge on any atom is -0.356 e. The lowest BCUT2D eigenvalue weighted by atomic mass is 9.95. The standard InChI is InChI=1S/C23H31N3O2/c1-5-11-24-22(27)19-9-12-25(13-10-19)23(28)21-15-17(3)26(18(21)4)20-8-6-7-16(2)14-20/h6-8,14-15,19H,5,9-13H2,1-4H3,(H,24,27). The fourth-order valence-corrected chi connectivity index (χ4v) is 4.05. The van der Waals surface area contributed by atoms with E-state index in [2.05, 4.69) is 41.9 Å². The van der Waals surface area contributed by atoms with Gasteiger partial charge in [-0.15, -0.1) is 0 Å². The van der Waals surface area contributed by atoms with Crippen molar-refractivity contribution in [2.75, 3.05) is 19.6 Å². The van der Waals surface area contributed by atoms with Gasteiger partial charge in [-0.2, -0.15) is 0 Å². The van der Waals surface area contributed by atoms with E-state index in [9.17, 15) is 9.59 Å². The topological polar surface area (TPSA) is 54.3 Å². The molecule has 1 saturated heterocycles. The molecule has 5 heteroatoms. The van der Waals surface area contributed by atoms with E-state index >= 15 is 0 Å². The number of amides is 2. The van der Waals surface area contributed by atoms with Gasteiger partial charge >= 0.3 is 0 Å². The fourth-order valence-electron chi connectivity index (χ4n) is 4.05. The summed E-state index contributed by atoms with van der Waals surface area (Å²) in [5.41, 5.74) is 5.06. The molecule has 1 aromatic carbocycles. The van der Waals surface area contributed by atoms with Crippen molar-refractivity contribution in [3.63, 3.8) is 0 Å². The third kappa shape index (κ3) is 4.13. The second kappa shape index (κ2) is 8.63. The maximum absolute atomic E-state index is 13.1. The molecule has 2 aromatic rings. The number of carbonyl (C=O) groups is 2. The van der Waals surface area contributed by atoms with Crippen LogP contribution in [0.5, 0.6) is 0 Å². The van der Waals surface area contributed by atoms with Gasteiger partial charge in [0.1, 0.15) is 0 Å². The molecule has 0 radical (unpaired) electrons. The second-order valence-corrected chi connectivity index (χ2v) is 7.82. The number of nitrogens with zero attached hydrogens (tertiary/aromatic N) is 2. The number of aromatic nitrogens is 1. The molecule has 1 N–H and O–H groups in total. The van der Waals surface area contributed by atoms with Gasteiger partial charge in [0.2, 0.25) is 5.91 Å². The van der Waals surface area contributed by atoms with Crippen molar-refractivity contribution in [1.82, 2.24) is 14.8 Å². The quantitative estimate of drug-likeness (QED) is 0.857. The van der Waals surface area contributed by atoms with Crippen LogP contribution in [0.4, 0.5) is 0 Å². The fraction of sp³-hybridized carbons (Fsp3) is 0.478. The Labute approximate surface area is 167 Å². The number of piperidine rings is 1. The van der Waals surface area contributed by atoms with Gasteiger partial charge in [-0.25, -0.2) is 0 Å². The molecule has 0 bridgehead atoms. The van der Waals surface area contributed by atoms with Crippen molar-refractivity contribution in [2.45, 2.75) is 47.0 Å². The molecule has 0 saturated carbocycles. The zero-order chi connectivity index (χ0) is 20.3. The monoisotopic (exact) mass is 381 g/mol. The maximum Gasteiger partial charge on any atom is 0.255 e. The second-order valence-electron chi connectivity index (χ2n) is 7.82. The zero-order valence-electron chi connectivity index (χ0n) is 17.4. The van der Waals surface area contributed by atoms with Crippen LogP contribution in [0.25, 0.3) is 5.69 Å². The van der Waals surface area contributed by atoms with Crippen LogP contribution in [0, 0.1) is 26.7 Å². The van der Waals surface area contributed by atoms with Crippen molar-refractivity contribution in [3.05, 3.63) is 52.8 Å². The average Bonchev–Trinajstić information content (AvgIpc) is 2.99. The van der Waals surface area contributed by atoms with Crippen LogP contribution in [-0.4, -0.2) is 40.9 Å². The number of hydrogen-bond acceptors (Lipinski definition) is 2. The zero-order valence-corrected chi connectivity index (χ0v) is 17.4. The van der Waals surface area contributed by atoms with Crippen LogP contribution in [0.3, 0.4) is 0 Å². The maximum atomic E-state index is 13.1. The molecule has 0 unspecified atom stereocenters. The molecule has 2 amide bonds. The van der Waals surface area contributed by atoms with E-state index in [0.29, 0.717) is 13.1 Å². The first-order valence-electron chi connectivity index (χ1n) is 10.2. The summed E-state index contributed by atoms with van der Waals surface area (Å²) in [7, 11) is 0. The minimum absolute atomic E-state index is 0.0234. The van der Waals surface area contributed by atoms with E-state index in [0.717, 1.165) is 48.4 Å². The Morgan fingerprint density at radius 3 is 2.46 bits per heavy atom. The summed E-state index contributed by atoms with van der Waals surface area (Å²) < 4.78 is 2.14. The number of aryl methyl sites for hydroxylation is 2. The first kappa shape index (κ1) is 20.2. The Morgan fingerprint density at radius 1 is 1.11 bits per heavy atom. The van der Waals surface area contributed by atoms with Crippen LogP contribution >= 0.6 is 0 Å².